The highest BCUT2D eigenvalue weighted by molar-refractivity contribution is 6.31. The van der Waals surface area contributed by atoms with E-state index in [1.165, 1.54) is 0 Å². The van der Waals surface area contributed by atoms with Gasteiger partial charge in [0.15, 0.2) is 0 Å². The number of aromatic nitrogens is 4. The normalized spacial score (nSPS) is 23.6. The molecule has 2 aromatic carbocycles. The largest absolute Gasteiger partial charge is 0.489 e. The number of benzene rings is 2. The van der Waals surface area contributed by atoms with Crippen molar-refractivity contribution >= 4 is 57.6 Å². The quantitative estimate of drug-likeness (QED) is 0.210. The minimum Gasteiger partial charge on any atom is -0.489 e. The summed E-state index contributed by atoms with van der Waals surface area (Å²) in [5.41, 5.74) is 1.03. The van der Waals surface area contributed by atoms with Crippen LogP contribution in [0.25, 0.3) is 10.9 Å². The van der Waals surface area contributed by atoms with Gasteiger partial charge in [-0.1, -0.05) is 44.5 Å². The number of nitrogens with zero attached hydrogens (tertiary/aromatic N) is 9. The predicted molar refractivity (Wildman–Crippen MR) is 252 cm³/mol. The maximum Gasteiger partial charge on any atom is 0.278 e. The fourth-order valence-corrected chi connectivity index (χ4v) is 11.6. The molecule has 17 nitrogen and oxygen atoms in total. The summed E-state index contributed by atoms with van der Waals surface area (Å²) in [6, 6.07) is 15.4. The van der Waals surface area contributed by atoms with E-state index in [1.807, 2.05) is 18.2 Å². The lowest BCUT2D eigenvalue weighted by Crippen LogP contribution is -2.74. The van der Waals surface area contributed by atoms with Crippen LogP contribution in [0.15, 0.2) is 59.5 Å². The van der Waals surface area contributed by atoms with Gasteiger partial charge >= 0.3 is 0 Å². The van der Waals surface area contributed by atoms with Crippen LogP contribution in [0.2, 0.25) is 5.02 Å². The number of fused-ring (bicyclic) bond motifs is 1. The molecule has 352 valence electrons. The van der Waals surface area contributed by atoms with Gasteiger partial charge in [-0.3, -0.25) is 34.2 Å². The predicted octanol–water partition coefficient (Wildman–Crippen LogP) is 4.58. The van der Waals surface area contributed by atoms with E-state index >= 15 is 0 Å². The molecule has 5 aliphatic rings. The first-order valence-corrected chi connectivity index (χ1v) is 23.9. The Labute approximate surface area is 394 Å². The average molecular weight is 933 g/mol. The zero-order valence-electron chi connectivity index (χ0n) is 38.5. The number of halogens is 1. The molecule has 4 saturated heterocycles. The molecule has 5 fully saturated rings. The number of nitrogens with one attached hydrogen (secondary N) is 2. The lowest BCUT2D eigenvalue weighted by Gasteiger charge is -2.63. The van der Waals surface area contributed by atoms with Crippen molar-refractivity contribution in [3.8, 4) is 11.8 Å². The highest BCUT2D eigenvalue weighted by Gasteiger charge is 2.64. The summed E-state index contributed by atoms with van der Waals surface area (Å²) in [5, 5.41) is 23.7. The Hall–Kier alpha value is -6.12. The van der Waals surface area contributed by atoms with Gasteiger partial charge in [-0.2, -0.15) is 9.94 Å². The van der Waals surface area contributed by atoms with Crippen LogP contribution in [0.5, 0.6) is 5.75 Å². The van der Waals surface area contributed by atoms with Gasteiger partial charge in [-0.15, -0.1) is 5.10 Å². The van der Waals surface area contributed by atoms with E-state index in [0.29, 0.717) is 51.8 Å². The zero-order valence-corrected chi connectivity index (χ0v) is 39.3. The number of ether oxygens (including phenoxy) is 1. The van der Waals surface area contributed by atoms with Gasteiger partial charge in [0.25, 0.3) is 17.4 Å². The van der Waals surface area contributed by atoms with Crippen LogP contribution in [-0.2, 0) is 14.4 Å². The molecular formula is C49H58ClN11O6. The molecular weight excluding hydrogens is 874 g/mol. The van der Waals surface area contributed by atoms with Crippen LogP contribution >= 0.6 is 11.6 Å². The Bertz CT molecular complexity index is 2640. The number of anilines is 2. The van der Waals surface area contributed by atoms with Gasteiger partial charge in [0.1, 0.15) is 35.3 Å². The number of hydrogen-bond donors (Lipinski definition) is 2. The van der Waals surface area contributed by atoms with Crippen molar-refractivity contribution in [1.29, 1.82) is 5.26 Å². The van der Waals surface area contributed by atoms with E-state index in [1.54, 1.807) is 36.5 Å². The molecule has 1 atom stereocenters. The monoisotopic (exact) mass is 931 g/mol. The number of pyridine rings is 1. The number of likely N-dealkylation sites (tertiary alicyclic amines) is 1. The molecule has 4 aromatic rings. The minimum absolute atomic E-state index is 0.0355. The van der Waals surface area contributed by atoms with E-state index in [0.717, 1.165) is 87.7 Å². The number of amides is 4. The molecule has 2 N–H and O–H groups in total. The number of nitriles is 1. The van der Waals surface area contributed by atoms with Gasteiger partial charge in [0.2, 0.25) is 11.8 Å². The van der Waals surface area contributed by atoms with E-state index in [9.17, 15) is 29.2 Å². The highest BCUT2D eigenvalue weighted by Crippen LogP contribution is 2.55. The number of carbonyl (C=O) groups excluding carboxylic acids is 4. The molecule has 9 rings (SSSR count). The molecule has 6 heterocycles. The van der Waals surface area contributed by atoms with Crippen LogP contribution in [-0.4, -0.2) is 124 Å². The summed E-state index contributed by atoms with van der Waals surface area (Å²) in [5.74, 6) is 1.10. The second kappa shape index (κ2) is 18.5. The molecule has 1 aliphatic carbocycles. The Kier molecular flexibility index (Phi) is 12.7. The lowest BCUT2D eigenvalue weighted by molar-refractivity contribution is -0.164. The second-order valence-electron chi connectivity index (χ2n) is 20.0. The first-order valence-electron chi connectivity index (χ1n) is 23.5. The van der Waals surface area contributed by atoms with Crippen LogP contribution in [0.3, 0.4) is 0 Å². The van der Waals surface area contributed by atoms with Crippen LogP contribution < -0.4 is 30.7 Å². The Morgan fingerprint density at radius 3 is 2.27 bits per heavy atom. The summed E-state index contributed by atoms with van der Waals surface area (Å²) in [4.78, 5) is 78.5. The van der Waals surface area contributed by atoms with E-state index in [2.05, 4.69) is 74.3 Å². The number of imide groups is 1. The molecule has 1 unspecified atom stereocenters. The Morgan fingerprint density at radius 1 is 0.881 bits per heavy atom. The smallest absolute Gasteiger partial charge is 0.278 e. The maximum absolute atomic E-state index is 13.7. The van der Waals surface area contributed by atoms with E-state index < -0.39 is 17.5 Å². The van der Waals surface area contributed by atoms with Crippen molar-refractivity contribution in [3.63, 3.8) is 0 Å². The molecule has 4 amide bonds. The summed E-state index contributed by atoms with van der Waals surface area (Å²) in [7, 11) is 0. The first-order chi connectivity index (χ1) is 32.1. The van der Waals surface area contributed by atoms with Crippen molar-refractivity contribution in [2.24, 2.45) is 22.7 Å². The summed E-state index contributed by atoms with van der Waals surface area (Å²) >= 11 is 6.26. The molecule has 2 aromatic heterocycles. The molecule has 0 radical (unpaired) electrons. The van der Waals surface area contributed by atoms with Gasteiger partial charge in [0, 0.05) is 106 Å². The average Bonchev–Trinajstić information content (AvgIpc) is 3.33. The number of hydrogen-bond acceptors (Lipinski definition) is 13. The SMILES string of the molecule is CC1(C)[C@H](NC(=O)c2ccc(N3CCN(CC4CCN(C(=O)C5CCN(c6ccc7nnn(C8CCC(=O)NC8=O)c(=O)c7c6)CC5)CC4)CC3)nc2)C(C)(C)[C@H]1Oc1ccc(C#N)c(Cl)c1. The van der Waals surface area contributed by atoms with Gasteiger partial charge in [-0.05, 0) is 80.5 Å². The van der Waals surface area contributed by atoms with Crippen molar-refractivity contribution in [3.05, 3.63) is 81.2 Å². The molecule has 0 spiro atoms. The number of piperazine rings is 1. The van der Waals surface area contributed by atoms with Crippen LogP contribution in [0.1, 0.15) is 88.2 Å². The highest BCUT2D eigenvalue weighted by atomic mass is 35.5. The van der Waals surface area contributed by atoms with Crippen LogP contribution in [0.4, 0.5) is 11.5 Å². The summed E-state index contributed by atoms with van der Waals surface area (Å²) in [6.07, 6.45) is 5.23. The molecule has 67 heavy (non-hydrogen) atoms. The fraction of sp³-hybridized carbons (Fsp3) is 0.531. The topological polar surface area (TPSA) is 199 Å². The molecule has 4 aliphatic heterocycles. The fourth-order valence-electron chi connectivity index (χ4n) is 11.4. The summed E-state index contributed by atoms with van der Waals surface area (Å²) in [6.45, 7) is 15.8. The van der Waals surface area contributed by atoms with Crippen molar-refractivity contribution in [2.45, 2.75) is 84.4 Å². The molecule has 0 bridgehead atoms. The number of piperidine rings is 3. The van der Waals surface area contributed by atoms with Crippen molar-refractivity contribution < 1.29 is 23.9 Å². The lowest BCUT2D eigenvalue weighted by atomic mass is 9.49. The number of carbonyl (C=O) groups is 4. The van der Waals surface area contributed by atoms with E-state index in [4.69, 9.17) is 21.3 Å². The third-order valence-corrected chi connectivity index (χ3v) is 15.3. The Morgan fingerprint density at radius 2 is 1.61 bits per heavy atom. The molecule has 18 heteroatoms. The third-order valence-electron chi connectivity index (χ3n) is 15.0. The number of rotatable bonds is 10. The first kappa shape index (κ1) is 46.0. The van der Waals surface area contributed by atoms with E-state index in [-0.39, 0.29) is 59.5 Å². The summed E-state index contributed by atoms with van der Waals surface area (Å²) < 4.78 is 7.46. The van der Waals surface area contributed by atoms with Gasteiger partial charge in [-0.25, -0.2) is 4.98 Å². The zero-order chi connectivity index (χ0) is 47.2. The molecule has 1 saturated carbocycles. The van der Waals surface area contributed by atoms with Crippen LogP contribution in [0, 0.1) is 34.0 Å². The minimum atomic E-state index is -0.881. The van der Waals surface area contributed by atoms with Gasteiger partial charge < -0.3 is 24.8 Å². The standard InChI is InChI=1S/C49H58ClN11O6/c1-48(2)46(49(3,4)47(48)67-35-8-5-32(27-51)37(50)26-35)54-42(63)33-6-11-40(52-28-33)59-23-21-57(22-24-59)29-30-13-17-60(18-14-30)44(65)31-15-19-58(20-16-31)34-7-9-38-36(25-34)45(66)61(56-55-38)39-10-12-41(62)53-43(39)64/h5-9,11,25-26,28,30-31,39,46-47H,10,12-24,29H2,1-4H3,(H,54,63)(H,53,62,64)/t39?,46-,47-. The second-order valence-corrected chi connectivity index (χ2v) is 20.4. The van der Waals surface area contributed by atoms with Gasteiger partial charge in [0.05, 0.1) is 21.5 Å². The maximum atomic E-state index is 13.7. The van der Waals surface area contributed by atoms with Crippen molar-refractivity contribution in [2.75, 3.05) is 68.7 Å². The Balaban J connectivity index is 0.699. The third kappa shape index (κ3) is 9.17. The van der Waals surface area contributed by atoms with Crippen molar-refractivity contribution in [1.82, 2.24) is 40.4 Å².